The van der Waals surface area contributed by atoms with E-state index < -0.39 is 27.7 Å². The summed E-state index contributed by atoms with van der Waals surface area (Å²) in [5.74, 6) is -0.0994. The third-order valence-corrected chi connectivity index (χ3v) is 6.65. The molecule has 8 nitrogen and oxygen atoms in total. The number of hydrogen-bond acceptors (Lipinski definition) is 7. The van der Waals surface area contributed by atoms with Gasteiger partial charge in [0.15, 0.2) is 5.03 Å². The molecule has 0 fully saturated rings. The van der Waals surface area contributed by atoms with Gasteiger partial charge in [0, 0.05) is 30.7 Å². The molecule has 13 heteroatoms. The number of carbonyl (C=O) groups is 1. The van der Waals surface area contributed by atoms with Crippen molar-refractivity contribution in [1.82, 2.24) is 19.3 Å². The lowest BCUT2D eigenvalue weighted by Crippen LogP contribution is -2.27. The van der Waals surface area contributed by atoms with E-state index in [4.69, 9.17) is 4.74 Å². The fourth-order valence-electron chi connectivity index (χ4n) is 2.55. The zero-order valence-corrected chi connectivity index (χ0v) is 18.6. The molecule has 0 amide bonds. The summed E-state index contributed by atoms with van der Waals surface area (Å²) in [5, 5.41) is 1.99. The van der Waals surface area contributed by atoms with Crippen LogP contribution in [0.25, 0.3) is 10.6 Å². The average Bonchev–Trinajstić information content (AvgIpc) is 3.33. The second kappa shape index (κ2) is 9.38. The Morgan fingerprint density at radius 3 is 2.50 bits per heavy atom. The molecule has 3 aromatic rings. The molecule has 0 spiro atoms. The lowest BCUT2D eigenvalue weighted by molar-refractivity contribution is -0.144. The van der Waals surface area contributed by atoms with E-state index in [1.54, 1.807) is 23.9 Å². The Bertz CT molecular complexity index is 1180. The summed E-state index contributed by atoms with van der Waals surface area (Å²) in [7, 11) is -2.17. The highest BCUT2D eigenvalue weighted by Crippen LogP contribution is 2.31. The van der Waals surface area contributed by atoms with Crippen LogP contribution < -0.4 is 4.72 Å². The zero-order chi connectivity index (χ0) is 23.5. The number of carbonyl (C=O) groups excluding carboxylic acids is 1. The summed E-state index contributed by atoms with van der Waals surface area (Å²) < 4.78 is 71.2. The second-order valence-electron chi connectivity index (χ2n) is 6.76. The van der Waals surface area contributed by atoms with Gasteiger partial charge in [-0.25, -0.2) is 23.1 Å². The monoisotopic (exact) mass is 488 g/mol. The summed E-state index contributed by atoms with van der Waals surface area (Å²) in [6.07, 6.45) is -3.24. The lowest BCUT2D eigenvalue weighted by atomic mass is 10.1. The molecule has 0 aliphatic rings. The quantitative estimate of drug-likeness (QED) is 0.488. The van der Waals surface area contributed by atoms with Gasteiger partial charge in [-0.15, -0.1) is 11.3 Å². The molecule has 1 N–H and O–H groups in total. The van der Waals surface area contributed by atoms with Crippen LogP contribution in [-0.2, 0) is 39.4 Å². The van der Waals surface area contributed by atoms with E-state index in [9.17, 15) is 26.4 Å². The Hall–Kier alpha value is -2.77. The van der Waals surface area contributed by atoms with Crippen LogP contribution in [0.15, 0.2) is 40.9 Å². The van der Waals surface area contributed by atoms with Gasteiger partial charge in [0.2, 0.25) is 0 Å². The van der Waals surface area contributed by atoms with Crippen molar-refractivity contribution in [2.75, 3.05) is 6.54 Å². The van der Waals surface area contributed by atoms with E-state index in [0.717, 1.165) is 12.1 Å². The second-order valence-corrected chi connectivity index (χ2v) is 9.34. The van der Waals surface area contributed by atoms with Gasteiger partial charge in [-0.3, -0.25) is 4.79 Å². The Kier molecular flexibility index (Phi) is 7.00. The molecular formula is C19H19F3N4O4S2. The predicted molar refractivity (Wildman–Crippen MR) is 110 cm³/mol. The Morgan fingerprint density at radius 1 is 1.22 bits per heavy atom. The van der Waals surface area contributed by atoms with Gasteiger partial charge >= 0.3 is 12.1 Å². The van der Waals surface area contributed by atoms with E-state index in [2.05, 4.69) is 14.7 Å². The highest BCUT2D eigenvalue weighted by molar-refractivity contribution is 7.89. The SMILES string of the molecule is Cc1nc(S(=O)(=O)NCCC(=O)OCc2csc(-c3ccc(C(F)(F)F)cc3)n2)cn1C. The van der Waals surface area contributed by atoms with E-state index in [1.165, 1.54) is 29.7 Å². The minimum absolute atomic E-state index is 0.135. The minimum atomic E-state index is -4.41. The molecule has 2 aromatic heterocycles. The van der Waals surface area contributed by atoms with E-state index in [-0.39, 0.29) is 24.6 Å². The number of hydrogen-bond donors (Lipinski definition) is 1. The molecule has 0 bridgehead atoms. The summed E-state index contributed by atoms with van der Waals surface area (Å²) in [4.78, 5) is 20.1. The Labute approximate surface area is 186 Å². The van der Waals surface area contributed by atoms with Crippen LogP contribution >= 0.6 is 11.3 Å². The number of nitrogens with one attached hydrogen (secondary N) is 1. The molecule has 0 saturated carbocycles. The smallest absolute Gasteiger partial charge is 0.416 e. The predicted octanol–water partition coefficient (Wildman–Crippen LogP) is 3.28. The number of imidazole rings is 1. The van der Waals surface area contributed by atoms with Crippen LogP contribution in [0.1, 0.15) is 23.5 Å². The topological polar surface area (TPSA) is 103 Å². The number of ether oxygens (including phenoxy) is 1. The number of nitrogens with zero attached hydrogens (tertiary/aromatic N) is 3. The third-order valence-electron chi connectivity index (χ3n) is 4.38. The molecule has 0 radical (unpaired) electrons. The molecule has 0 saturated heterocycles. The van der Waals surface area contributed by atoms with Crippen molar-refractivity contribution in [2.24, 2.45) is 7.05 Å². The molecule has 0 aliphatic heterocycles. The van der Waals surface area contributed by atoms with Crippen molar-refractivity contribution in [2.45, 2.75) is 31.2 Å². The van der Waals surface area contributed by atoms with Gasteiger partial charge < -0.3 is 9.30 Å². The first-order chi connectivity index (χ1) is 15.0. The van der Waals surface area contributed by atoms with Gasteiger partial charge in [-0.05, 0) is 19.1 Å². The molecule has 0 aliphatic carbocycles. The average molecular weight is 489 g/mol. The van der Waals surface area contributed by atoms with Crippen molar-refractivity contribution >= 4 is 27.3 Å². The van der Waals surface area contributed by atoms with Gasteiger partial charge in [0.05, 0.1) is 17.7 Å². The Balaban J connectivity index is 1.48. The standard InChI is InChI=1S/C19H19F3N4O4S2/c1-12-24-16(9-26(12)2)32(28,29)23-8-7-17(27)30-10-15-11-31-18(25-15)13-3-5-14(6-4-13)19(20,21)22/h3-6,9,11,23H,7-8,10H2,1-2H3. The fourth-order valence-corrected chi connectivity index (χ4v) is 4.43. The fraction of sp³-hybridized carbons (Fsp3) is 0.316. The highest BCUT2D eigenvalue weighted by Gasteiger charge is 2.30. The number of aryl methyl sites for hydroxylation is 2. The number of sulfonamides is 1. The van der Waals surface area contributed by atoms with Crippen LogP contribution in [-0.4, -0.2) is 35.5 Å². The molecule has 0 atom stereocenters. The number of rotatable bonds is 8. The van der Waals surface area contributed by atoms with E-state index in [1.807, 2.05) is 0 Å². The molecular weight excluding hydrogens is 469 g/mol. The highest BCUT2D eigenvalue weighted by atomic mass is 32.2. The molecule has 3 rings (SSSR count). The number of thiazole rings is 1. The molecule has 172 valence electrons. The third kappa shape index (κ3) is 5.93. The number of esters is 1. The van der Waals surface area contributed by atoms with Crippen molar-refractivity contribution in [3.8, 4) is 10.6 Å². The van der Waals surface area contributed by atoms with Crippen LogP contribution in [0.3, 0.4) is 0 Å². The van der Waals surface area contributed by atoms with Crippen LogP contribution in [0.5, 0.6) is 0 Å². The van der Waals surface area contributed by atoms with E-state index in [0.29, 0.717) is 22.1 Å². The maximum atomic E-state index is 12.7. The molecule has 0 unspecified atom stereocenters. The molecule has 32 heavy (non-hydrogen) atoms. The molecule has 2 heterocycles. The summed E-state index contributed by atoms with van der Waals surface area (Å²) in [6, 6.07) is 4.60. The van der Waals surface area contributed by atoms with Crippen molar-refractivity contribution < 1.29 is 31.1 Å². The number of aromatic nitrogens is 3. The lowest BCUT2D eigenvalue weighted by Gasteiger charge is -2.06. The largest absolute Gasteiger partial charge is 0.459 e. The normalized spacial score (nSPS) is 12.2. The molecule has 1 aromatic carbocycles. The van der Waals surface area contributed by atoms with Crippen molar-refractivity contribution in [3.05, 3.63) is 52.9 Å². The van der Waals surface area contributed by atoms with Crippen molar-refractivity contribution in [3.63, 3.8) is 0 Å². The van der Waals surface area contributed by atoms with Crippen LogP contribution in [0, 0.1) is 6.92 Å². The van der Waals surface area contributed by atoms with E-state index >= 15 is 0 Å². The summed E-state index contributed by atoms with van der Waals surface area (Å²) in [6.45, 7) is 1.37. The zero-order valence-electron chi connectivity index (χ0n) is 17.0. The number of halogens is 3. The van der Waals surface area contributed by atoms with Crippen LogP contribution in [0.2, 0.25) is 0 Å². The van der Waals surface area contributed by atoms with Crippen LogP contribution in [0.4, 0.5) is 13.2 Å². The number of benzene rings is 1. The van der Waals surface area contributed by atoms with Gasteiger partial charge in [-0.2, -0.15) is 13.2 Å². The van der Waals surface area contributed by atoms with Gasteiger partial charge in [0.25, 0.3) is 10.0 Å². The van der Waals surface area contributed by atoms with Gasteiger partial charge in [0.1, 0.15) is 17.4 Å². The van der Waals surface area contributed by atoms with Gasteiger partial charge in [-0.1, -0.05) is 12.1 Å². The Morgan fingerprint density at radius 2 is 1.91 bits per heavy atom. The first-order valence-corrected chi connectivity index (χ1v) is 11.6. The first-order valence-electron chi connectivity index (χ1n) is 9.23. The maximum Gasteiger partial charge on any atom is 0.416 e. The first kappa shape index (κ1) is 23.9. The maximum absolute atomic E-state index is 12.7. The van der Waals surface area contributed by atoms with Crippen molar-refractivity contribution in [1.29, 1.82) is 0 Å². The summed E-state index contributed by atoms with van der Waals surface area (Å²) in [5.41, 5.74) is 0.197. The summed E-state index contributed by atoms with van der Waals surface area (Å²) >= 11 is 1.21. The minimum Gasteiger partial charge on any atom is -0.459 e. The number of alkyl halides is 3.